The summed E-state index contributed by atoms with van der Waals surface area (Å²) in [6.45, 7) is 1.80. The Labute approximate surface area is 125 Å². The number of rotatable bonds is 4. The minimum Gasteiger partial charge on any atom is -0.338 e. The smallest absolute Gasteiger partial charge is 0.237 e. The topological polar surface area (TPSA) is 73.0 Å². The van der Waals surface area contributed by atoms with E-state index in [4.69, 9.17) is 4.52 Å². The highest BCUT2D eigenvalue weighted by atomic mass is 32.2. The van der Waals surface area contributed by atoms with Gasteiger partial charge in [-0.25, -0.2) is 4.98 Å². The number of nitrogens with zero attached hydrogens (tertiary/aromatic N) is 3. The fraction of sp³-hybridized carbons (Fsp3) is 0.214. The Hall–Kier alpha value is -2.28. The lowest BCUT2D eigenvalue weighted by Gasteiger charge is -2.02. The van der Waals surface area contributed by atoms with Crippen molar-refractivity contribution in [3.63, 3.8) is 0 Å². The Morgan fingerprint density at radius 2 is 2.24 bits per heavy atom. The summed E-state index contributed by atoms with van der Waals surface area (Å²) in [5.74, 6) is 0.475. The van der Waals surface area contributed by atoms with Crippen LogP contribution in [-0.2, 0) is 11.8 Å². The maximum absolute atomic E-state index is 11.9. The molecule has 7 heteroatoms. The summed E-state index contributed by atoms with van der Waals surface area (Å²) in [4.78, 5) is 16.4. The molecule has 0 aliphatic rings. The number of anilines is 1. The van der Waals surface area contributed by atoms with Gasteiger partial charge >= 0.3 is 0 Å². The van der Waals surface area contributed by atoms with Gasteiger partial charge in [0.15, 0.2) is 5.16 Å². The van der Waals surface area contributed by atoms with Gasteiger partial charge < -0.3 is 9.09 Å². The van der Waals surface area contributed by atoms with Crippen molar-refractivity contribution in [2.24, 2.45) is 7.05 Å². The Morgan fingerprint density at radius 1 is 1.43 bits per heavy atom. The third-order valence-corrected chi connectivity index (χ3v) is 4.00. The molecule has 3 rings (SSSR count). The molecule has 0 saturated carbocycles. The summed E-state index contributed by atoms with van der Waals surface area (Å²) in [5, 5.41) is 7.18. The standard InChI is InChI=1S/C14H14N4O2S/c1-9-7-13(20-17-9)16-12(19)8-21-14-15-10-5-3-4-6-11(10)18(14)2/h3-7H,8H2,1-2H3,(H,16,19). The van der Waals surface area contributed by atoms with Crippen LogP contribution >= 0.6 is 11.8 Å². The van der Waals surface area contributed by atoms with Crippen LogP contribution in [-0.4, -0.2) is 26.4 Å². The van der Waals surface area contributed by atoms with Crippen LogP contribution < -0.4 is 5.32 Å². The Balaban J connectivity index is 1.66. The number of para-hydroxylation sites is 2. The van der Waals surface area contributed by atoms with Crippen LogP contribution in [0.1, 0.15) is 5.69 Å². The monoisotopic (exact) mass is 302 g/mol. The number of benzene rings is 1. The van der Waals surface area contributed by atoms with E-state index in [2.05, 4.69) is 15.5 Å². The Kier molecular flexibility index (Phi) is 3.66. The SMILES string of the molecule is Cc1cc(NC(=O)CSc2nc3ccccc3n2C)on1. The second kappa shape index (κ2) is 5.61. The third-order valence-electron chi connectivity index (χ3n) is 2.97. The molecule has 1 N–H and O–H groups in total. The molecule has 0 aliphatic carbocycles. The average molecular weight is 302 g/mol. The van der Waals surface area contributed by atoms with Crippen molar-refractivity contribution < 1.29 is 9.32 Å². The van der Waals surface area contributed by atoms with Crippen LogP contribution in [0.4, 0.5) is 5.88 Å². The number of amides is 1. The molecular formula is C14H14N4O2S. The molecule has 21 heavy (non-hydrogen) atoms. The molecule has 0 unspecified atom stereocenters. The molecule has 0 radical (unpaired) electrons. The first-order valence-electron chi connectivity index (χ1n) is 6.41. The quantitative estimate of drug-likeness (QED) is 0.750. The van der Waals surface area contributed by atoms with Crippen LogP contribution in [0.3, 0.4) is 0 Å². The molecule has 0 spiro atoms. The highest BCUT2D eigenvalue weighted by Gasteiger charge is 2.11. The largest absolute Gasteiger partial charge is 0.338 e. The van der Waals surface area contributed by atoms with Crippen molar-refractivity contribution in [2.75, 3.05) is 11.1 Å². The Morgan fingerprint density at radius 3 is 2.95 bits per heavy atom. The van der Waals surface area contributed by atoms with E-state index in [1.165, 1.54) is 11.8 Å². The summed E-state index contributed by atoms with van der Waals surface area (Å²) in [6, 6.07) is 9.55. The third kappa shape index (κ3) is 2.92. The number of nitrogens with one attached hydrogen (secondary N) is 1. The molecule has 108 valence electrons. The van der Waals surface area contributed by atoms with Crippen LogP contribution in [0.25, 0.3) is 11.0 Å². The number of carbonyl (C=O) groups excluding carboxylic acids is 1. The molecule has 3 aromatic rings. The highest BCUT2D eigenvalue weighted by Crippen LogP contribution is 2.22. The number of thioether (sulfide) groups is 1. The van der Waals surface area contributed by atoms with Gasteiger partial charge in [0.25, 0.3) is 0 Å². The molecule has 0 atom stereocenters. The molecule has 0 saturated heterocycles. The first-order valence-corrected chi connectivity index (χ1v) is 7.39. The van der Waals surface area contributed by atoms with Crippen molar-refractivity contribution in [1.82, 2.24) is 14.7 Å². The predicted molar refractivity (Wildman–Crippen MR) is 81.3 cm³/mol. The molecule has 2 aromatic heterocycles. The van der Waals surface area contributed by atoms with Crippen molar-refractivity contribution >= 4 is 34.6 Å². The second-order valence-corrected chi connectivity index (χ2v) is 5.55. The number of hydrogen-bond donors (Lipinski definition) is 1. The highest BCUT2D eigenvalue weighted by molar-refractivity contribution is 7.99. The number of carbonyl (C=O) groups is 1. The van der Waals surface area contributed by atoms with Gasteiger partial charge in [-0.2, -0.15) is 0 Å². The van der Waals surface area contributed by atoms with Crippen LogP contribution in [0.15, 0.2) is 40.0 Å². The van der Waals surface area contributed by atoms with Crippen LogP contribution in [0, 0.1) is 6.92 Å². The summed E-state index contributed by atoms with van der Waals surface area (Å²) >= 11 is 1.38. The Bertz CT molecular complexity index is 793. The summed E-state index contributed by atoms with van der Waals surface area (Å²) < 4.78 is 6.92. The zero-order valence-corrected chi connectivity index (χ0v) is 12.5. The van der Waals surface area contributed by atoms with Crippen molar-refractivity contribution in [2.45, 2.75) is 12.1 Å². The number of fused-ring (bicyclic) bond motifs is 1. The van der Waals surface area contributed by atoms with Crippen molar-refractivity contribution in [1.29, 1.82) is 0 Å². The number of aromatic nitrogens is 3. The van der Waals surface area contributed by atoms with E-state index < -0.39 is 0 Å². The maximum atomic E-state index is 11.9. The van der Waals surface area contributed by atoms with E-state index in [0.717, 1.165) is 21.9 Å². The summed E-state index contributed by atoms with van der Waals surface area (Å²) in [5.41, 5.74) is 2.70. The average Bonchev–Trinajstić information content (AvgIpc) is 3.01. The summed E-state index contributed by atoms with van der Waals surface area (Å²) in [7, 11) is 1.94. The summed E-state index contributed by atoms with van der Waals surface area (Å²) in [6.07, 6.45) is 0. The van der Waals surface area contributed by atoms with Gasteiger partial charge in [0.2, 0.25) is 11.8 Å². The van der Waals surface area contributed by atoms with Gasteiger partial charge in [0.1, 0.15) is 0 Å². The first kappa shape index (κ1) is 13.7. The first-order chi connectivity index (χ1) is 10.1. The minimum absolute atomic E-state index is 0.150. The normalized spacial score (nSPS) is 11.0. The van der Waals surface area contributed by atoms with Gasteiger partial charge in [0, 0.05) is 13.1 Å². The predicted octanol–water partition coefficient (Wildman–Crippen LogP) is 2.60. The van der Waals surface area contributed by atoms with Crippen molar-refractivity contribution in [3.05, 3.63) is 36.0 Å². The minimum atomic E-state index is -0.150. The molecule has 1 aromatic carbocycles. The van der Waals surface area contributed by atoms with Gasteiger partial charge in [0.05, 0.1) is 22.5 Å². The molecule has 0 aliphatic heterocycles. The van der Waals surface area contributed by atoms with E-state index in [9.17, 15) is 4.79 Å². The molecular weight excluding hydrogens is 288 g/mol. The fourth-order valence-corrected chi connectivity index (χ4v) is 2.77. The van der Waals surface area contributed by atoms with E-state index in [-0.39, 0.29) is 11.7 Å². The van der Waals surface area contributed by atoms with E-state index >= 15 is 0 Å². The van der Waals surface area contributed by atoms with E-state index in [0.29, 0.717) is 5.88 Å². The second-order valence-electron chi connectivity index (χ2n) is 4.61. The van der Waals surface area contributed by atoms with Crippen LogP contribution in [0.2, 0.25) is 0 Å². The van der Waals surface area contributed by atoms with Crippen molar-refractivity contribution in [3.8, 4) is 0 Å². The molecule has 0 bridgehead atoms. The zero-order valence-electron chi connectivity index (χ0n) is 11.7. The van der Waals surface area contributed by atoms with Crippen LogP contribution in [0.5, 0.6) is 0 Å². The molecule has 1 amide bonds. The maximum Gasteiger partial charge on any atom is 0.237 e. The molecule has 0 fully saturated rings. The number of aryl methyl sites for hydroxylation is 2. The molecule has 2 heterocycles. The van der Waals surface area contributed by atoms with Gasteiger partial charge in [-0.15, -0.1) is 0 Å². The van der Waals surface area contributed by atoms with Gasteiger partial charge in [-0.1, -0.05) is 29.1 Å². The number of hydrogen-bond acceptors (Lipinski definition) is 5. The van der Waals surface area contributed by atoms with E-state index in [1.807, 2.05) is 35.9 Å². The lowest BCUT2D eigenvalue weighted by molar-refractivity contribution is -0.113. The lowest BCUT2D eigenvalue weighted by atomic mass is 10.3. The van der Waals surface area contributed by atoms with Gasteiger partial charge in [-0.05, 0) is 19.1 Å². The van der Waals surface area contributed by atoms with E-state index in [1.54, 1.807) is 13.0 Å². The lowest BCUT2D eigenvalue weighted by Crippen LogP contribution is -2.13. The zero-order chi connectivity index (χ0) is 14.8. The molecule has 6 nitrogen and oxygen atoms in total. The van der Waals surface area contributed by atoms with Gasteiger partial charge in [-0.3, -0.25) is 10.1 Å². The fourth-order valence-electron chi connectivity index (χ4n) is 1.98. The number of imidazole rings is 1.